The van der Waals surface area contributed by atoms with E-state index in [1.807, 2.05) is 13.8 Å². The molecule has 9 heteroatoms. The van der Waals surface area contributed by atoms with Crippen molar-refractivity contribution >= 4 is 43.1 Å². The molecular formula is C12H15BrN4O2S2. The Balaban J connectivity index is 2.33. The number of nitrogen functional groups attached to an aromatic ring is 1. The maximum atomic E-state index is 12.4. The molecule has 1 atom stereocenters. The number of halogens is 1. The van der Waals surface area contributed by atoms with E-state index in [9.17, 15) is 8.42 Å². The Morgan fingerprint density at radius 3 is 2.67 bits per heavy atom. The fourth-order valence-corrected chi connectivity index (χ4v) is 4.75. The second-order valence-corrected chi connectivity index (χ2v) is 8.40. The molecule has 2 aromatic heterocycles. The van der Waals surface area contributed by atoms with Gasteiger partial charge in [-0.3, -0.25) is 0 Å². The molecule has 0 aliphatic rings. The van der Waals surface area contributed by atoms with Crippen molar-refractivity contribution in [1.82, 2.24) is 14.7 Å². The maximum Gasteiger partial charge on any atom is 0.244 e. The summed E-state index contributed by atoms with van der Waals surface area (Å²) in [5, 5.41) is 0.900. The van der Waals surface area contributed by atoms with Crippen LogP contribution in [0.25, 0.3) is 0 Å². The zero-order valence-electron chi connectivity index (χ0n) is 11.7. The molecule has 0 aliphatic carbocycles. The fourth-order valence-electron chi connectivity index (χ4n) is 1.95. The van der Waals surface area contributed by atoms with Crippen LogP contribution in [-0.4, -0.2) is 18.4 Å². The minimum absolute atomic E-state index is 0.0323. The molecule has 0 saturated carbocycles. The lowest BCUT2D eigenvalue weighted by molar-refractivity contribution is 0.568. The highest BCUT2D eigenvalue weighted by Crippen LogP contribution is 2.27. The second kappa shape index (κ2) is 5.99. The van der Waals surface area contributed by atoms with E-state index in [1.165, 1.54) is 23.6 Å². The lowest BCUT2D eigenvalue weighted by atomic mass is 10.2. The number of hydrogen-bond acceptors (Lipinski definition) is 6. The topological polar surface area (TPSA) is 98.0 Å². The summed E-state index contributed by atoms with van der Waals surface area (Å²) >= 11 is 4.67. The van der Waals surface area contributed by atoms with Gasteiger partial charge in [-0.2, -0.15) is 0 Å². The van der Waals surface area contributed by atoms with E-state index in [4.69, 9.17) is 5.73 Å². The van der Waals surface area contributed by atoms with Crippen LogP contribution in [-0.2, 0) is 10.0 Å². The summed E-state index contributed by atoms with van der Waals surface area (Å²) in [5.41, 5.74) is 6.49. The van der Waals surface area contributed by atoms with E-state index < -0.39 is 10.0 Å². The number of thiazole rings is 1. The standard InChI is InChI=1S/C12H15BrN4O2S2/c1-6-11(20-8(3)16-6)7(2)17-21(18,19)10-4-9(13)5-15-12(10)14/h4-5,7,17H,1-3H3,(H2,14,15). The van der Waals surface area contributed by atoms with Crippen LogP contribution >= 0.6 is 27.3 Å². The van der Waals surface area contributed by atoms with Crippen molar-refractivity contribution in [2.45, 2.75) is 31.7 Å². The van der Waals surface area contributed by atoms with Crippen LogP contribution in [0.3, 0.4) is 0 Å². The molecule has 1 unspecified atom stereocenters. The Hall–Kier alpha value is -1.03. The molecule has 0 fully saturated rings. The van der Waals surface area contributed by atoms with Gasteiger partial charge in [0.05, 0.1) is 16.7 Å². The summed E-state index contributed by atoms with van der Waals surface area (Å²) in [6.45, 7) is 5.52. The minimum Gasteiger partial charge on any atom is -0.383 e. The number of nitrogens with one attached hydrogen (secondary N) is 1. The molecule has 2 rings (SSSR count). The normalized spacial score (nSPS) is 13.3. The minimum atomic E-state index is -3.76. The van der Waals surface area contributed by atoms with Crippen LogP contribution in [0, 0.1) is 13.8 Å². The summed E-state index contributed by atoms with van der Waals surface area (Å²) in [5.74, 6) is -0.0323. The number of nitrogens with zero attached hydrogens (tertiary/aromatic N) is 2. The van der Waals surface area contributed by atoms with Crippen molar-refractivity contribution in [3.63, 3.8) is 0 Å². The molecule has 0 amide bonds. The van der Waals surface area contributed by atoms with Crippen LogP contribution in [0.4, 0.5) is 5.82 Å². The van der Waals surface area contributed by atoms with Gasteiger partial charge in [0, 0.05) is 15.5 Å². The molecule has 2 aromatic rings. The Morgan fingerprint density at radius 2 is 2.10 bits per heavy atom. The third-order valence-corrected chi connectivity index (χ3v) is 6.06. The average molecular weight is 391 g/mol. The van der Waals surface area contributed by atoms with Crippen LogP contribution in [0.1, 0.15) is 28.5 Å². The van der Waals surface area contributed by atoms with Gasteiger partial charge < -0.3 is 5.73 Å². The van der Waals surface area contributed by atoms with E-state index in [2.05, 4.69) is 30.6 Å². The van der Waals surface area contributed by atoms with Crippen LogP contribution in [0.5, 0.6) is 0 Å². The monoisotopic (exact) mass is 390 g/mol. The van der Waals surface area contributed by atoms with Gasteiger partial charge in [0.1, 0.15) is 10.7 Å². The van der Waals surface area contributed by atoms with Gasteiger partial charge in [-0.05, 0) is 42.8 Å². The van der Waals surface area contributed by atoms with Crippen molar-refractivity contribution < 1.29 is 8.42 Å². The molecule has 3 N–H and O–H groups in total. The van der Waals surface area contributed by atoms with Crippen LogP contribution in [0.15, 0.2) is 21.6 Å². The number of aryl methyl sites for hydroxylation is 2. The first-order valence-corrected chi connectivity index (χ1v) is 9.17. The zero-order chi connectivity index (χ0) is 15.8. The average Bonchev–Trinajstić information content (AvgIpc) is 2.71. The molecule has 0 aliphatic heterocycles. The molecule has 114 valence electrons. The first-order valence-electron chi connectivity index (χ1n) is 6.08. The van der Waals surface area contributed by atoms with Gasteiger partial charge in [0.2, 0.25) is 10.0 Å². The number of nitrogens with two attached hydrogens (primary N) is 1. The molecule has 0 saturated heterocycles. The predicted octanol–water partition coefficient (Wildman–Crippen LogP) is 2.54. The first-order chi connectivity index (χ1) is 9.70. The zero-order valence-corrected chi connectivity index (χ0v) is 14.9. The number of hydrogen-bond donors (Lipinski definition) is 2. The van der Waals surface area contributed by atoms with Gasteiger partial charge >= 0.3 is 0 Å². The number of rotatable bonds is 4. The van der Waals surface area contributed by atoms with Crippen molar-refractivity contribution in [1.29, 1.82) is 0 Å². The number of sulfonamides is 1. The van der Waals surface area contributed by atoms with E-state index in [0.717, 1.165) is 15.6 Å². The molecule has 0 aromatic carbocycles. The van der Waals surface area contributed by atoms with E-state index >= 15 is 0 Å². The fraction of sp³-hybridized carbons (Fsp3) is 0.333. The number of aromatic nitrogens is 2. The Labute approximate surface area is 136 Å². The molecule has 6 nitrogen and oxygen atoms in total. The highest BCUT2D eigenvalue weighted by Gasteiger charge is 2.24. The van der Waals surface area contributed by atoms with E-state index in [1.54, 1.807) is 6.92 Å². The lowest BCUT2D eigenvalue weighted by Gasteiger charge is -2.14. The smallest absolute Gasteiger partial charge is 0.244 e. The highest BCUT2D eigenvalue weighted by atomic mass is 79.9. The quantitative estimate of drug-likeness (QED) is 0.835. The molecule has 0 radical (unpaired) electrons. The largest absolute Gasteiger partial charge is 0.383 e. The third-order valence-electron chi connectivity index (χ3n) is 2.80. The van der Waals surface area contributed by atoms with Crippen molar-refractivity contribution in [3.05, 3.63) is 32.3 Å². The summed E-state index contributed by atoms with van der Waals surface area (Å²) in [6, 6.07) is 1.04. The van der Waals surface area contributed by atoms with Crippen molar-refractivity contribution in [3.8, 4) is 0 Å². The molecule has 2 heterocycles. The van der Waals surface area contributed by atoms with Crippen molar-refractivity contribution in [2.24, 2.45) is 0 Å². The van der Waals surface area contributed by atoms with Gasteiger partial charge in [0.15, 0.2) is 0 Å². The van der Waals surface area contributed by atoms with Gasteiger partial charge in [-0.15, -0.1) is 11.3 Å². The van der Waals surface area contributed by atoms with Crippen LogP contribution < -0.4 is 10.5 Å². The highest BCUT2D eigenvalue weighted by molar-refractivity contribution is 9.10. The number of anilines is 1. The van der Waals surface area contributed by atoms with Crippen LogP contribution in [0.2, 0.25) is 0 Å². The molecule has 0 bridgehead atoms. The second-order valence-electron chi connectivity index (χ2n) is 4.56. The molecule has 21 heavy (non-hydrogen) atoms. The Kier molecular flexibility index (Phi) is 4.66. The summed E-state index contributed by atoms with van der Waals surface area (Å²) < 4.78 is 28.0. The number of pyridine rings is 1. The Bertz CT molecular complexity index is 774. The van der Waals surface area contributed by atoms with Gasteiger partial charge in [-0.1, -0.05) is 0 Å². The first kappa shape index (κ1) is 16.3. The Morgan fingerprint density at radius 1 is 1.43 bits per heavy atom. The summed E-state index contributed by atoms with van der Waals surface area (Å²) in [7, 11) is -3.76. The van der Waals surface area contributed by atoms with E-state index in [0.29, 0.717) is 4.47 Å². The predicted molar refractivity (Wildman–Crippen MR) is 86.7 cm³/mol. The van der Waals surface area contributed by atoms with Gasteiger partial charge in [-0.25, -0.2) is 23.1 Å². The SMILES string of the molecule is Cc1nc(C)c(C(C)NS(=O)(=O)c2cc(Br)cnc2N)s1. The third kappa shape index (κ3) is 3.60. The van der Waals surface area contributed by atoms with Gasteiger partial charge in [0.25, 0.3) is 0 Å². The summed E-state index contributed by atoms with van der Waals surface area (Å²) in [4.78, 5) is 9.00. The summed E-state index contributed by atoms with van der Waals surface area (Å²) in [6.07, 6.45) is 1.45. The lowest BCUT2D eigenvalue weighted by Crippen LogP contribution is -2.27. The molecular weight excluding hydrogens is 376 g/mol. The van der Waals surface area contributed by atoms with E-state index in [-0.39, 0.29) is 16.8 Å². The molecule has 0 spiro atoms. The maximum absolute atomic E-state index is 12.4. The van der Waals surface area contributed by atoms with Crippen molar-refractivity contribution in [2.75, 3.05) is 5.73 Å².